The summed E-state index contributed by atoms with van der Waals surface area (Å²) in [6.07, 6.45) is 3.35. The molecule has 1 atom stereocenters. The van der Waals surface area contributed by atoms with Crippen molar-refractivity contribution in [1.82, 2.24) is 15.1 Å². The third-order valence-electron chi connectivity index (χ3n) is 1.58. The van der Waals surface area contributed by atoms with Crippen LogP contribution in [0, 0.1) is 0 Å². The average Bonchev–Trinajstić information content (AvgIpc) is 2.51. The summed E-state index contributed by atoms with van der Waals surface area (Å²) in [5.74, 6) is -0.868. The van der Waals surface area contributed by atoms with Crippen LogP contribution in [0.2, 0.25) is 0 Å². The number of nitrogens with zero attached hydrogens (tertiary/aromatic N) is 2. The highest BCUT2D eigenvalue weighted by Crippen LogP contribution is 1.90. The van der Waals surface area contributed by atoms with Gasteiger partial charge in [0.25, 0.3) is 0 Å². The molecule has 12 heavy (non-hydrogen) atoms. The van der Waals surface area contributed by atoms with Crippen LogP contribution in [0.25, 0.3) is 0 Å². The summed E-state index contributed by atoms with van der Waals surface area (Å²) in [5.41, 5.74) is 0. The fourth-order valence-corrected chi connectivity index (χ4v) is 0.888. The molecular weight excluding hydrogens is 158 g/mol. The minimum Gasteiger partial charge on any atom is -0.480 e. The van der Waals surface area contributed by atoms with Crippen molar-refractivity contribution in [3.63, 3.8) is 0 Å². The van der Waals surface area contributed by atoms with Crippen molar-refractivity contribution in [1.29, 1.82) is 0 Å². The monoisotopic (exact) mass is 169 g/mol. The molecule has 0 unspecified atom stereocenters. The van der Waals surface area contributed by atoms with Gasteiger partial charge in [0.05, 0.1) is 6.54 Å². The molecule has 0 aliphatic heterocycles. The Morgan fingerprint density at radius 2 is 2.58 bits per heavy atom. The van der Waals surface area contributed by atoms with Gasteiger partial charge in [0, 0.05) is 12.4 Å². The number of carboxylic acids is 1. The van der Waals surface area contributed by atoms with E-state index in [2.05, 4.69) is 10.4 Å². The summed E-state index contributed by atoms with van der Waals surface area (Å²) in [6.45, 7) is 0.346. The Labute approximate surface area is 70.0 Å². The van der Waals surface area contributed by atoms with E-state index < -0.39 is 12.0 Å². The van der Waals surface area contributed by atoms with E-state index in [1.807, 2.05) is 0 Å². The lowest BCUT2D eigenvalue weighted by atomic mass is 10.3. The molecule has 1 rings (SSSR count). The summed E-state index contributed by atoms with van der Waals surface area (Å²) in [4.78, 5) is 10.6. The van der Waals surface area contributed by atoms with E-state index in [1.165, 1.54) is 0 Å². The molecule has 0 amide bonds. The highest BCUT2D eigenvalue weighted by Gasteiger charge is 2.14. The van der Waals surface area contributed by atoms with Crippen LogP contribution in [-0.2, 0) is 11.3 Å². The van der Waals surface area contributed by atoms with Gasteiger partial charge < -0.3 is 10.4 Å². The summed E-state index contributed by atoms with van der Waals surface area (Å²) >= 11 is 0. The normalized spacial score (nSPS) is 12.8. The van der Waals surface area contributed by atoms with Crippen LogP contribution < -0.4 is 5.32 Å². The van der Waals surface area contributed by atoms with Crippen LogP contribution in [-0.4, -0.2) is 33.9 Å². The van der Waals surface area contributed by atoms with Gasteiger partial charge in [-0.1, -0.05) is 0 Å². The molecule has 0 saturated heterocycles. The van der Waals surface area contributed by atoms with Gasteiger partial charge in [-0.2, -0.15) is 5.10 Å². The van der Waals surface area contributed by atoms with E-state index >= 15 is 0 Å². The van der Waals surface area contributed by atoms with E-state index in [1.54, 1.807) is 30.2 Å². The first-order chi connectivity index (χ1) is 5.74. The van der Waals surface area contributed by atoms with Crippen LogP contribution in [0.5, 0.6) is 0 Å². The topological polar surface area (TPSA) is 67.2 Å². The van der Waals surface area contributed by atoms with Gasteiger partial charge in [0.1, 0.15) is 6.04 Å². The lowest BCUT2D eigenvalue weighted by molar-refractivity contribution is -0.139. The molecule has 0 spiro atoms. The van der Waals surface area contributed by atoms with Crippen molar-refractivity contribution in [2.75, 3.05) is 7.05 Å². The summed E-state index contributed by atoms with van der Waals surface area (Å²) in [5, 5.41) is 15.2. The highest BCUT2D eigenvalue weighted by atomic mass is 16.4. The molecule has 1 aromatic heterocycles. The Kier molecular flexibility index (Phi) is 2.82. The third kappa shape index (κ3) is 2.06. The fraction of sp³-hybridized carbons (Fsp3) is 0.429. The van der Waals surface area contributed by atoms with Gasteiger partial charge in [-0.15, -0.1) is 0 Å². The molecule has 1 aromatic rings. The van der Waals surface area contributed by atoms with Crippen molar-refractivity contribution in [2.24, 2.45) is 0 Å². The maximum atomic E-state index is 10.6. The molecule has 5 nitrogen and oxygen atoms in total. The predicted octanol–water partition coefficient (Wildman–Crippen LogP) is -0.444. The SMILES string of the molecule is CN[C@@H](Cn1cccn1)C(=O)O. The summed E-state index contributed by atoms with van der Waals surface area (Å²) in [7, 11) is 1.61. The fourth-order valence-electron chi connectivity index (χ4n) is 0.888. The minimum atomic E-state index is -0.868. The third-order valence-corrected chi connectivity index (χ3v) is 1.58. The van der Waals surface area contributed by atoms with Crippen LogP contribution in [0.3, 0.4) is 0 Å². The zero-order valence-corrected chi connectivity index (χ0v) is 6.77. The van der Waals surface area contributed by atoms with Gasteiger partial charge in [-0.05, 0) is 13.1 Å². The van der Waals surface area contributed by atoms with Gasteiger partial charge in [0.2, 0.25) is 0 Å². The Morgan fingerprint density at radius 3 is 3.00 bits per heavy atom. The van der Waals surface area contributed by atoms with E-state index in [0.29, 0.717) is 6.54 Å². The van der Waals surface area contributed by atoms with Crippen molar-refractivity contribution in [3.8, 4) is 0 Å². The maximum Gasteiger partial charge on any atom is 0.322 e. The number of carbonyl (C=O) groups is 1. The largest absolute Gasteiger partial charge is 0.480 e. The minimum absolute atomic E-state index is 0.346. The molecule has 0 radical (unpaired) electrons. The van der Waals surface area contributed by atoms with Crippen molar-refractivity contribution < 1.29 is 9.90 Å². The first kappa shape index (κ1) is 8.73. The van der Waals surface area contributed by atoms with Gasteiger partial charge in [-0.25, -0.2) is 0 Å². The van der Waals surface area contributed by atoms with Crippen LogP contribution in [0.1, 0.15) is 0 Å². The van der Waals surface area contributed by atoms with E-state index in [4.69, 9.17) is 5.11 Å². The quantitative estimate of drug-likeness (QED) is 0.641. The lowest BCUT2D eigenvalue weighted by Crippen LogP contribution is -2.37. The Bertz CT molecular complexity index is 245. The van der Waals surface area contributed by atoms with E-state index in [9.17, 15) is 4.79 Å². The average molecular weight is 169 g/mol. The zero-order valence-electron chi connectivity index (χ0n) is 6.77. The van der Waals surface area contributed by atoms with Crippen molar-refractivity contribution in [3.05, 3.63) is 18.5 Å². The van der Waals surface area contributed by atoms with Crippen LogP contribution in [0.4, 0.5) is 0 Å². The van der Waals surface area contributed by atoms with E-state index in [0.717, 1.165) is 0 Å². The van der Waals surface area contributed by atoms with Gasteiger partial charge in [0.15, 0.2) is 0 Å². The standard InChI is InChI=1S/C7H11N3O2/c1-8-6(7(11)12)5-10-4-2-3-9-10/h2-4,6,8H,5H2,1H3,(H,11,12)/t6-/m0/s1. The number of rotatable bonds is 4. The highest BCUT2D eigenvalue weighted by molar-refractivity contribution is 5.73. The lowest BCUT2D eigenvalue weighted by Gasteiger charge is -2.10. The first-order valence-corrected chi connectivity index (χ1v) is 3.61. The Morgan fingerprint density at radius 1 is 1.83 bits per heavy atom. The second-order valence-electron chi connectivity index (χ2n) is 2.41. The van der Waals surface area contributed by atoms with Gasteiger partial charge >= 0.3 is 5.97 Å². The molecule has 1 heterocycles. The van der Waals surface area contributed by atoms with Crippen LogP contribution >= 0.6 is 0 Å². The maximum absolute atomic E-state index is 10.6. The molecule has 0 bridgehead atoms. The van der Waals surface area contributed by atoms with Crippen molar-refractivity contribution >= 4 is 5.97 Å². The first-order valence-electron chi connectivity index (χ1n) is 3.61. The molecule has 2 N–H and O–H groups in total. The number of hydrogen-bond acceptors (Lipinski definition) is 3. The number of hydrogen-bond donors (Lipinski definition) is 2. The molecule has 0 aliphatic rings. The number of carboxylic acid groups (broad SMARTS) is 1. The van der Waals surface area contributed by atoms with E-state index in [-0.39, 0.29) is 0 Å². The second kappa shape index (κ2) is 3.87. The summed E-state index contributed by atoms with van der Waals surface area (Å²) < 4.78 is 1.58. The molecule has 0 saturated carbocycles. The molecule has 66 valence electrons. The predicted molar refractivity (Wildman–Crippen MR) is 42.7 cm³/mol. The number of aromatic nitrogens is 2. The van der Waals surface area contributed by atoms with Crippen LogP contribution in [0.15, 0.2) is 18.5 Å². The van der Waals surface area contributed by atoms with Crippen molar-refractivity contribution in [2.45, 2.75) is 12.6 Å². The number of likely N-dealkylation sites (N-methyl/N-ethyl adjacent to an activating group) is 1. The summed E-state index contributed by atoms with van der Waals surface area (Å²) in [6, 6.07) is 1.18. The number of aliphatic carboxylic acids is 1. The molecular formula is C7H11N3O2. The zero-order chi connectivity index (χ0) is 8.97. The molecule has 0 fully saturated rings. The smallest absolute Gasteiger partial charge is 0.322 e. The Balaban J connectivity index is 2.54. The Hall–Kier alpha value is -1.36. The van der Waals surface area contributed by atoms with Gasteiger partial charge in [-0.3, -0.25) is 9.48 Å². The number of nitrogens with one attached hydrogen (secondary N) is 1. The molecule has 0 aromatic carbocycles. The second-order valence-corrected chi connectivity index (χ2v) is 2.41. The molecule has 5 heteroatoms. The molecule has 0 aliphatic carbocycles.